The van der Waals surface area contributed by atoms with Crippen molar-refractivity contribution in [2.45, 2.75) is 32.4 Å². The van der Waals surface area contributed by atoms with Crippen LogP contribution in [0.25, 0.3) is 0 Å². The maximum atomic E-state index is 12.1. The van der Waals surface area contributed by atoms with Crippen molar-refractivity contribution < 1.29 is 9.53 Å². The number of ether oxygens (including phenoxy) is 1. The normalized spacial score (nSPS) is 12.5. The fraction of sp³-hybridized carbons (Fsp3) is 0.533. The van der Waals surface area contributed by atoms with Crippen LogP contribution in [-0.2, 0) is 16.0 Å². The summed E-state index contributed by atoms with van der Waals surface area (Å²) in [7, 11) is 1.76. The first-order chi connectivity index (χ1) is 9.00. The minimum atomic E-state index is -0.494. The van der Waals surface area contributed by atoms with Crippen molar-refractivity contribution in [3.05, 3.63) is 35.9 Å². The summed E-state index contributed by atoms with van der Waals surface area (Å²) in [6.45, 7) is 5.06. The Balaban J connectivity index is 2.39. The second-order valence-corrected chi connectivity index (χ2v) is 4.98. The summed E-state index contributed by atoms with van der Waals surface area (Å²) >= 11 is 0. The molecule has 1 unspecified atom stereocenters. The summed E-state index contributed by atoms with van der Waals surface area (Å²) in [6, 6.07) is 9.32. The summed E-state index contributed by atoms with van der Waals surface area (Å²) in [5, 5.41) is 0. The van der Waals surface area contributed by atoms with Crippen molar-refractivity contribution in [3.63, 3.8) is 0 Å². The molecule has 0 aliphatic heterocycles. The van der Waals surface area contributed by atoms with Crippen LogP contribution in [0.4, 0.5) is 0 Å². The highest BCUT2D eigenvalue weighted by molar-refractivity contribution is 5.81. The van der Waals surface area contributed by atoms with Gasteiger partial charge in [-0.1, -0.05) is 30.3 Å². The number of carbonyl (C=O) groups excluding carboxylic acids is 1. The number of hydrogen-bond donors (Lipinski definition) is 1. The van der Waals surface area contributed by atoms with Crippen molar-refractivity contribution in [1.82, 2.24) is 4.90 Å². The molecule has 1 aromatic carbocycles. The van der Waals surface area contributed by atoms with E-state index in [1.165, 1.54) is 0 Å². The Morgan fingerprint density at radius 3 is 2.53 bits per heavy atom. The third-order valence-electron chi connectivity index (χ3n) is 2.87. The molecule has 0 bridgehead atoms. The zero-order valence-electron chi connectivity index (χ0n) is 12.0. The topological polar surface area (TPSA) is 55.6 Å². The summed E-state index contributed by atoms with van der Waals surface area (Å²) in [6.07, 6.45) is 0.746. The van der Waals surface area contributed by atoms with E-state index in [1.54, 1.807) is 11.9 Å². The third kappa shape index (κ3) is 5.85. The molecule has 4 heteroatoms. The van der Waals surface area contributed by atoms with Gasteiger partial charge in [-0.05, 0) is 25.8 Å². The van der Waals surface area contributed by atoms with Crippen LogP contribution in [0.1, 0.15) is 19.4 Å². The van der Waals surface area contributed by atoms with Gasteiger partial charge in [0.15, 0.2) is 0 Å². The van der Waals surface area contributed by atoms with Gasteiger partial charge in [0.1, 0.15) is 0 Å². The Morgan fingerprint density at radius 1 is 1.32 bits per heavy atom. The Kier molecular flexibility index (Phi) is 6.53. The van der Waals surface area contributed by atoms with E-state index in [1.807, 2.05) is 44.2 Å². The lowest BCUT2D eigenvalue weighted by atomic mass is 10.1. The fourth-order valence-electron chi connectivity index (χ4n) is 1.77. The molecule has 0 fully saturated rings. The van der Waals surface area contributed by atoms with Gasteiger partial charge in [0, 0.05) is 13.6 Å². The van der Waals surface area contributed by atoms with Gasteiger partial charge in [0.2, 0.25) is 5.91 Å². The smallest absolute Gasteiger partial charge is 0.239 e. The van der Waals surface area contributed by atoms with E-state index in [2.05, 4.69) is 0 Å². The van der Waals surface area contributed by atoms with Crippen LogP contribution in [0.3, 0.4) is 0 Å². The van der Waals surface area contributed by atoms with Crippen molar-refractivity contribution in [1.29, 1.82) is 0 Å². The van der Waals surface area contributed by atoms with E-state index in [-0.39, 0.29) is 12.0 Å². The van der Waals surface area contributed by atoms with Gasteiger partial charge in [-0.25, -0.2) is 0 Å². The zero-order valence-corrected chi connectivity index (χ0v) is 12.0. The second-order valence-electron chi connectivity index (χ2n) is 4.98. The van der Waals surface area contributed by atoms with Gasteiger partial charge in [0.05, 0.1) is 18.8 Å². The molecule has 19 heavy (non-hydrogen) atoms. The van der Waals surface area contributed by atoms with Crippen LogP contribution in [-0.4, -0.2) is 43.2 Å². The molecule has 0 spiro atoms. The number of hydrogen-bond acceptors (Lipinski definition) is 3. The monoisotopic (exact) mass is 264 g/mol. The molecule has 1 atom stereocenters. The lowest BCUT2D eigenvalue weighted by molar-refractivity contribution is -0.132. The first kappa shape index (κ1) is 15.7. The average molecular weight is 264 g/mol. The van der Waals surface area contributed by atoms with E-state index in [0.29, 0.717) is 19.6 Å². The number of amides is 1. The van der Waals surface area contributed by atoms with Crippen LogP contribution >= 0.6 is 0 Å². The Labute approximate surface area is 115 Å². The van der Waals surface area contributed by atoms with Crippen LogP contribution in [0.15, 0.2) is 30.3 Å². The van der Waals surface area contributed by atoms with E-state index in [9.17, 15) is 4.79 Å². The quantitative estimate of drug-likeness (QED) is 0.810. The number of rotatable bonds is 7. The van der Waals surface area contributed by atoms with Crippen LogP contribution in [0, 0.1) is 0 Å². The second kappa shape index (κ2) is 7.92. The molecule has 0 aliphatic rings. The van der Waals surface area contributed by atoms with Gasteiger partial charge in [-0.3, -0.25) is 4.79 Å². The molecule has 4 nitrogen and oxygen atoms in total. The minimum absolute atomic E-state index is 0.0452. The van der Waals surface area contributed by atoms with Gasteiger partial charge >= 0.3 is 0 Å². The molecule has 2 N–H and O–H groups in total. The number of nitrogens with zero attached hydrogens (tertiary/aromatic N) is 1. The van der Waals surface area contributed by atoms with Crippen molar-refractivity contribution >= 4 is 5.91 Å². The Bertz CT molecular complexity index is 379. The van der Waals surface area contributed by atoms with Gasteiger partial charge in [-0.2, -0.15) is 0 Å². The number of nitrogens with two attached hydrogens (primary N) is 1. The van der Waals surface area contributed by atoms with Crippen molar-refractivity contribution in [2.75, 3.05) is 20.2 Å². The number of carbonyl (C=O) groups is 1. The molecule has 0 saturated heterocycles. The SMILES string of the molecule is CC(C)OCCN(C)C(=O)C(N)Cc1ccccc1. The maximum absolute atomic E-state index is 12.1. The molecule has 0 saturated carbocycles. The molecule has 0 aromatic heterocycles. The average Bonchev–Trinajstić information content (AvgIpc) is 2.38. The summed E-state index contributed by atoms with van der Waals surface area (Å²) in [4.78, 5) is 13.7. The summed E-state index contributed by atoms with van der Waals surface area (Å²) in [5.74, 6) is -0.0452. The first-order valence-electron chi connectivity index (χ1n) is 6.66. The predicted octanol–water partition coefficient (Wildman–Crippen LogP) is 1.44. The number of likely N-dealkylation sites (N-methyl/N-ethyl adjacent to an activating group) is 1. The van der Waals surface area contributed by atoms with Crippen LogP contribution < -0.4 is 5.73 Å². The number of benzene rings is 1. The van der Waals surface area contributed by atoms with Crippen molar-refractivity contribution in [2.24, 2.45) is 5.73 Å². The van der Waals surface area contributed by atoms with Gasteiger partial charge in [-0.15, -0.1) is 0 Å². The fourth-order valence-corrected chi connectivity index (χ4v) is 1.77. The summed E-state index contributed by atoms with van der Waals surface area (Å²) in [5.41, 5.74) is 7.03. The van der Waals surface area contributed by atoms with Gasteiger partial charge < -0.3 is 15.4 Å². The van der Waals surface area contributed by atoms with Crippen LogP contribution in [0.5, 0.6) is 0 Å². The summed E-state index contributed by atoms with van der Waals surface area (Å²) < 4.78 is 5.43. The zero-order chi connectivity index (χ0) is 14.3. The van der Waals surface area contributed by atoms with E-state index < -0.39 is 6.04 Å². The molecule has 106 valence electrons. The molecule has 1 amide bonds. The molecular formula is C15H24N2O2. The maximum Gasteiger partial charge on any atom is 0.239 e. The van der Waals surface area contributed by atoms with E-state index >= 15 is 0 Å². The highest BCUT2D eigenvalue weighted by Crippen LogP contribution is 2.03. The van der Waals surface area contributed by atoms with E-state index in [4.69, 9.17) is 10.5 Å². The lowest BCUT2D eigenvalue weighted by Crippen LogP contribution is -2.44. The standard InChI is InChI=1S/C15H24N2O2/c1-12(2)19-10-9-17(3)15(18)14(16)11-13-7-5-4-6-8-13/h4-8,12,14H,9-11,16H2,1-3H3. The molecule has 0 heterocycles. The Morgan fingerprint density at radius 2 is 1.95 bits per heavy atom. The molecule has 0 aliphatic carbocycles. The van der Waals surface area contributed by atoms with Crippen molar-refractivity contribution in [3.8, 4) is 0 Å². The molecule has 0 radical (unpaired) electrons. The molecule has 1 rings (SSSR count). The minimum Gasteiger partial charge on any atom is -0.377 e. The first-order valence-corrected chi connectivity index (χ1v) is 6.66. The predicted molar refractivity (Wildman–Crippen MR) is 76.8 cm³/mol. The highest BCUT2D eigenvalue weighted by atomic mass is 16.5. The molecule has 1 aromatic rings. The largest absolute Gasteiger partial charge is 0.377 e. The van der Waals surface area contributed by atoms with Gasteiger partial charge in [0.25, 0.3) is 0 Å². The van der Waals surface area contributed by atoms with E-state index in [0.717, 1.165) is 5.56 Å². The molecular weight excluding hydrogens is 240 g/mol. The lowest BCUT2D eigenvalue weighted by Gasteiger charge is -2.21. The Hall–Kier alpha value is -1.39. The van der Waals surface area contributed by atoms with Crippen LogP contribution in [0.2, 0.25) is 0 Å². The highest BCUT2D eigenvalue weighted by Gasteiger charge is 2.18. The third-order valence-corrected chi connectivity index (χ3v) is 2.87.